The summed E-state index contributed by atoms with van der Waals surface area (Å²) in [5.74, 6) is 0.660. The smallest absolute Gasteiger partial charge is 0.194 e. The Morgan fingerprint density at radius 2 is 2.12 bits per heavy atom. The summed E-state index contributed by atoms with van der Waals surface area (Å²) >= 11 is 1.89. The Hall–Kier alpha value is -0.540. The highest BCUT2D eigenvalue weighted by Gasteiger charge is 2.31. The first-order valence-corrected chi connectivity index (χ1v) is 9.68. The van der Waals surface area contributed by atoms with Gasteiger partial charge in [-0.15, -0.1) is 24.0 Å². The molecule has 0 saturated carbocycles. The minimum atomic E-state index is -0.202. The largest absolute Gasteiger partial charge is 0.381 e. The van der Waals surface area contributed by atoms with Crippen molar-refractivity contribution in [1.82, 2.24) is 10.2 Å². The van der Waals surface area contributed by atoms with E-state index in [4.69, 9.17) is 9.73 Å². The Labute approximate surface area is 172 Å². The van der Waals surface area contributed by atoms with Gasteiger partial charge < -0.3 is 15.0 Å². The number of hydrogen-bond acceptors (Lipinski definition) is 3. The van der Waals surface area contributed by atoms with E-state index < -0.39 is 0 Å². The van der Waals surface area contributed by atoms with Gasteiger partial charge in [-0.25, -0.2) is 4.39 Å². The van der Waals surface area contributed by atoms with Crippen molar-refractivity contribution < 1.29 is 9.13 Å². The summed E-state index contributed by atoms with van der Waals surface area (Å²) in [4.78, 5) is 6.91. The van der Waals surface area contributed by atoms with Gasteiger partial charge in [-0.1, -0.05) is 12.1 Å². The number of guanidine groups is 1. The maximum Gasteiger partial charge on any atom is 0.194 e. The first-order valence-electron chi connectivity index (χ1n) is 8.45. The van der Waals surface area contributed by atoms with Crippen LogP contribution in [0.4, 0.5) is 4.39 Å². The molecule has 0 spiro atoms. The van der Waals surface area contributed by atoms with Crippen molar-refractivity contribution in [2.75, 3.05) is 39.6 Å². The fourth-order valence-corrected chi connectivity index (χ4v) is 3.61. The number of hydrogen-bond donors (Lipinski definition) is 1. The Morgan fingerprint density at radius 1 is 1.40 bits per heavy atom. The van der Waals surface area contributed by atoms with Gasteiger partial charge in [0.1, 0.15) is 5.82 Å². The van der Waals surface area contributed by atoms with E-state index in [2.05, 4.69) is 18.5 Å². The van der Waals surface area contributed by atoms with Gasteiger partial charge in [0, 0.05) is 38.1 Å². The first kappa shape index (κ1) is 22.5. The van der Waals surface area contributed by atoms with Gasteiger partial charge in [-0.2, -0.15) is 11.8 Å². The lowest BCUT2D eigenvalue weighted by Crippen LogP contribution is -2.41. The Morgan fingerprint density at radius 3 is 2.72 bits per heavy atom. The van der Waals surface area contributed by atoms with E-state index in [9.17, 15) is 4.39 Å². The number of halogens is 2. The highest BCUT2D eigenvalue weighted by atomic mass is 127. The average Bonchev–Trinajstić information content (AvgIpc) is 2.59. The second kappa shape index (κ2) is 11.2. The van der Waals surface area contributed by atoms with Crippen LogP contribution in [0.5, 0.6) is 0 Å². The quantitative estimate of drug-likeness (QED) is 0.382. The zero-order valence-corrected chi connectivity index (χ0v) is 18.4. The molecule has 0 radical (unpaired) electrons. The molecule has 2 rings (SSSR count). The van der Waals surface area contributed by atoms with Crippen molar-refractivity contribution >= 4 is 41.7 Å². The van der Waals surface area contributed by atoms with E-state index in [1.165, 1.54) is 6.07 Å². The van der Waals surface area contributed by atoms with Crippen molar-refractivity contribution in [3.8, 4) is 0 Å². The minimum Gasteiger partial charge on any atom is -0.381 e. The third kappa shape index (κ3) is 6.94. The lowest BCUT2D eigenvalue weighted by molar-refractivity contribution is 0.0793. The van der Waals surface area contributed by atoms with Gasteiger partial charge in [0.15, 0.2) is 5.96 Å². The molecule has 0 aromatic heterocycles. The van der Waals surface area contributed by atoms with Crippen molar-refractivity contribution in [3.63, 3.8) is 0 Å². The van der Waals surface area contributed by atoms with Gasteiger partial charge >= 0.3 is 0 Å². The molecular weight excluding hydrogens is 452 g/mol. The Bertz CT molecular complexity index is 553. The number of benzene rings is 1. The van der Waals surface area contributed by atoms with Crippen LogP contribution in [0.2, 0.25) is 0 Å². The van der Waals surface area contributed by atoms with Gasteiger partial charge in [0.25, 0.3) is 0 Å². The van der Waals surface area contributed by atoms with Gasteiger partial charge in [-0.05, 0) is 43.7 Å². The fraction of sp³-hybridized carbons (Fsp3) is 0.611. The molecule has 4 nitrogen and oxygen atoms in total. The summed E-state index contributed by atoms with van der Waals surface area (Å²) < 4.78 is 19.0. The summed E-state index contributed by atoms with van der Waals surface area (Å²) in [7, 11) is 1.99. The van der Waals surface area contributed by atoms with Crippen molar-refractivity contribution in [2.45, 2.75) is 31.1 Å². The standard InChI is InChI=1S/C18H28FN3OS.HI/c1-4-20-17(21-14-18(24-3)8-10-23-11-9-18)22(2)13-15-6-5-7-16(19)12-15;/h5-7,12H,4,8-11,13-14H2,1-3H3,(H,20,21);1H. The van der Waals surface area contributed by atoms with Crippen molar-refractivity contribution in [2.24, 2.45) is 4.99 Å². The lowest BCUT2D eigenvalue weighted by Gasteiger charge is -2.34. The number of nitrogens with one attached hydrogen (secondary N) is 1. The molecule has 0 bridgehead atoms. The zero-order valence-electron chi connectivity index (χ0n) is 15.3. The maximum atomic E-state index is 13.4. The van der Waals surface area contributed by atoms with Crippen molar-refractivity contribution in [1.29, 1.82) is 0 Å². The summed E-state index contributed by atoms with van der Waals surface area (Å²) in [5, 5.41) is 3.34. The number of ether oxygens (including phenoxy) is 1. The molecule has 142 valence electrons. The van der Waals surface area contributed by atoms with E-state index in [1.807, 2.05) is 29.8 Å². The van der Waals surface area contributed by atoms with Crippen LogP contribution >= 0.6 is 35.7 Å². The minimum absolute atomic E-state index is 0. The van der Waals surface area contributed by atoms with Crippen LogP contribution in [-0.4, -0.2) is 55.2 Å². The second-order valence-corrected chi connectivity index (χ2v) is 7.43. The van der Waals surface area contributed by atoms with E-state index >= 15 is 0 Å². The molecule has 1 fully saturated rings. The summed E-state index contributed by atoms with van der Waals surface area (Å²) in [6.45, 7) is 5.89. The molecular formula is C18H29FIN3OS. The monoisotopic (exact) mass is 481 g/mol. The van der Waals surface area contributed by atoms with E-state index in [-0.39, 0.29) is 34.5 Å². The zero-order chi connectivity index (χ0) is 17.4. The summed E-state index contributed by atoms with van der Waals surface area (Å²) in [5.41, 5.74) is 0.939. The van der Waals surface area contributed by atoms with Crippen LogP contribution in [0, 0.1) is 5.82 Å². The molecule has 1 aromatic rings. The number of nitrogens with zero attached hydrogens (tertiary/aromatic N) is 2. The fourth-order valence-electron chi connectivity index (χ4n) is 2.84. The molecule has 1 aliphatic heterocycles. The normalized spacial score (nSPS) is 16.9. The number of aliphatic imine (C=N–C) groups is 1. The predicted molar refractivity (Wildman–Crippen MR) is 116 cm³/mol. The molecule has 0 amide bonds. The van der Waals surface area contributed by atoms with Crippen LogP contribution < -0.4 is 5.32 Å². The van der Waals surface area contributed by atoms with Crippen LogP contribution in [0.15, 0.2) is 29.3 Å². The molecule has 0 atom stereocenters. The molecule has 0 unspecified atom stereocenters. The predicted octanol–water partition coefficient (Wildman–Crippen LogP) is 3.75. The molecule has 25 heavy (non-hydrogen) atoms. The molecule has 1 aromatic carbocycles. The topological polar surface area (TPSA) is 36.9 Å². The molecule has 7 heteroatoms. The molecule has 1 heterocycles. The highest BCUT2D eigenvalue weighted by molar-refractivity contribution is 14.0. The first-order chi connectivity index (χ1) is 11.6. The lowest BCUT2D eigenvalue weighted by atomic mass is 9.99. The third-order valence-corrected chi connectivity index (χ3v) is 5.76. The van der Waals surface area contributed by atoms with Crippen LogP contribution in [0.3, 0.4) is 0 Å². The SMILES string of the molecule is CCNC(=NCC1(SC)CCOCC1)N(C)Cc1cccc(F)c1.I. The van der Waals surface area contributed by atoms with E-state index in [0.29, 0.717) is 6.54 Å². The van der Waals surface area contributed by atoms with Gasteiger partial charge in [-0.3, -0.25) is 4.99 Å². The van der Waals surface area contributed by atoms with Gasteiger partial charge in [0.05, 0.1) is 6.54 Å². The Kier molecular flexibility index (Phi) is 10.1. The molecule has 1 saturated heterocycles. The Balaban J connectivity index is 0.00000312. The van der Waals surface area contributed by atoms with Crippen LogP contribution in [0.1, 0.15) is 25.3 Å². The van der Waals surface area contributed by atoms with Crippen molar-refractivity contribution in [3.05, 3.63) is 35.6 Å². The van der Waals surface area contributed by atoms with E-state index in [1.54, 1.807) is 12.1 Å². The second-order valence-electron chi connectivity index (χ2n) is 6.16. The average molecular weight is 481 g/mol. The maximum absolute atomic E-state index is 13.4. The number of thioether (sulfide) groups is 1. The summed E-state index contributed by atoms with van der Waals surface area (Å²) in [6.07, 6.45) is 4.22. The molecule has 1 N–H and O–H groups in total. The highest BCUT2D eigenvalue weighted by Crippen LogP contribution is 2.34. The van der Waals surface area contributed by atoms with Gasteiger partial charge in [0.2, 0.25) is 0 Å². The van der Waals surface area contributed by atoms with Crippen LogP contribution in [0.25, 0.3) is 0 Å². The third-order valence-electron chi connectivity index (χ3n) is 4.36. The van der Waals surface area contributed by atoms with Crippen LogP contribution in [-0.2, 0) is 11.3 Å². The number of rotatable bonds is 6. The molecule has 1 aliphatic rings. The molecule has 0 aliphatic carbocycles. The van der Waals surface area contributed by atoms with E-state index in [0.717, 1.165) is 50.7 Å². The summed E-state index contributed by atoms with van der Waals surface area (Å²) in [6, 6.07) is 6.72.